The van der Waals surface area contributed by atoms with E-state index in [2.05, 4.69) is 117 Å². The van der Waals surface area contributed by atoms with Gasteiger partial charge in [-0.05, 0) is 0 Å². The van der Waals surface area contributed by atoms with Gasteiger partial charge in [-0.25, -0.2) is 0 Å². The van der Waals surface area contributed by atoms with Crippen LogP contribution in [-0.2, 0) is 0 Å². The van der Waals surface area contributed by atoms with Crippen molar-refractivity contribution in [3.05, 3.63) is 88.0 Å². The van der Waals surface area contributed by atoms with Crippen molar-refractivity contribution in [2.75, 3.05) is 0 Å². The summed E-state index contributed by atoms with van der Waals surface area (Å²) in [6.45, 7) is 20.9. The third-order valence-electron chi connectivity index (χ3n) is 6.42. The first-order valence-electron chi connectivity index (χ1n) is 11.7. The summed E-state index contributed by atoms with van der Waals surface area (Å²) < 4.78 is 4.94. The first kappa shape index (κ1) is 24.2. The fourth-order valence-corrected chi connectivity index (χ4v) is 15.3. The maximum atomic E-state index is 2.56. The van der Waals surface area contributed by atoms with Gasteiger partial charge in [-0.15, -0.1) is 0 Å². The van der Waals surface area contributed by atoms with Crippen LogP contribution in [0.25, 0.3) is 0 Å². The Hall–Kier alpha value is -1.46. The maximum absolute atomic E-state index is 2.56. The molecule has 0 unspecified atom stereocenters. The normalized spacial score (nSPS) is 11.9. The van der Waals surface area contributed by atoms with Crippen LogP contribution in [0.2, 0.25) is 0 Å². The van der Waals surface area contributed by atoms with E-state index >= 15 is 0 Å². The molecule has 0 amide bonds. The van der Waals surface area contributed by atoms with Crippen LogP contribution in [0.5, 0.6) is 0 Å². The zero-order valence-corrected chi connectivity index (χ0v) is 24.4. The van der Waals surface area contributed by atoms with Gasteiger partial charge in [0, 0.05) is 0 Å². The van der Waals surface area contributed by atoms with Crippen molar-refractivity contribution < 1.29 is 0 Å². The molecule has 3 aromatic rings. The van der Waals surface area contributed by atoms with Gasteiger partial charge < -0.3 is 0 Å². The van der Waals surface area contributed by atoms with Crippen LogP contribution in [-0.4, -0.2) is 21.8 Å². The molecule has 0 aliphatic carbocycles. The van der Waals surface area contributed by atoms with Gasteiger partial charge in [-0.2, -0.15) is 0 Å². The quantitative estimate of drug-likeness (QED) is 0.281. The Morgan fingerprint density at radius 2 is 0.710 bits per heavy atom. The Labute approximate surface area is 198 Å². The second-order valence-corrected chi connectivity index (χ2v) is 18.2. The summed E-state index contributed by atoms with van der Waals surface area (Å²) in [5, 5.41) is 0. The number of aryl methyl sites for hydroxylation is 3. The molecule has 0 fully saturated rings. The van der Waals surface area contributed by atoms with Gasteiger partial charge in [-0.3, -0.25) is 0 Å². The van der Waals surface area contributed by atoms with Crippen molar-refractivity contribution in [2.45, 2.75) is 80.1 Å². The molecule has 0 nitrogen and oxygen atoms in total. The summed E-state index contributed by atoms with van der Waals surface area (Å²) in [6, 6.07) is 21.8. The van der Waals surface area contributed by atoms with Gasteiger partial charge in [0.2, 0.25) is 0 Å². The molecular weight excluding hydrogens is 569 g/mol. The van der Waals surface area contributed by atoms with Crippen LogP contribution in [0.3, 0.4) is 0 Å². The van der Waals surface area contributed by atoms with Crippen molar-refractivity contribution in [3.8, 4) is 0 Å². The molecule has 0 aromatic heterocycles. The van der Waals surface area contributed by atoms with Crippen molar-refractivity contribution in [1.82, 2.24) is 0 Å². The molecule has 0 bridgehead atoms. The zero-order valence-electron chi connectivity index (χ0n) is 20.9. The average Bonchev–Trinajstić information content (AvgIpc) is 2.71. The first-order valence-corrected chi connectivity index (χ1v) is 16.9. The van der Waals surface area contributed by atoms with E-state index in [-0.39, 0.29) is 0 Å². The zero-order chi connectivity index (χ0) is 22.9. The molecule has 3 aromatic carbocycles. The Morgan fingerprint density at radius 3 is 0.935 bits per heavy atom. The Kier molecular flexibility index (Phi) is 7.80. The molecule has 0 heterocycles. The van der Waals surface area contributed by atoms with Crippen LogP contribution < -0.4 is 9.81 Å². The summed E-state index contributed by atoms with van der Waals surface area (Å²) >= 11 is -2.51. The Morgan fingerprint density at radius 1 is 0.452 bits per heavy atom. The van der Waals surface area contributed by atoms with Crippen molar-refractivity contribution >= 4 is 31.6 Å². The minimum absolute atomic E-state index is 0.552. The van der Waals surface area contributed by atoms with E-state index in [1.54, 1.807) is 9.81 Å². The van der Waals surface area contributed by atoms with Crippen LogP contribution in [0, 0.1) is 20.8 Å². The van der Waals surface area contributed by atoms with Crippen LogP contribution >= 0.6 is 0 Å². The number of hydrogen-bond acceptors (Lipinski definition) is 0. The Balaban J connectivity index is 2.36. The molecule has 0 N–H and O–H groups in total. The Bertz CT molecular complexity index is 919. The molecule has 0 saturated carbocycles. The standard InChI is InChI=1S/3C10H13.Bi/c3*1-8(2)10-6-4-9(3)5-7-10;/h3*4,6-8H,1-3H3;. The van der Waals surface area contributed by atoms with Gasteiger partial charge in [0.15, 0.2) is 0 Å². The van der Waals surface area contributed by atoms with Crippen LogP contribution in [0.15, 0.2) is 54.6 Å². The molecular formula is C30H39Bi. The average molecular weight is 609 g/mol. The first-order chi connectivity index (χ1) is 14.6. The van der Waals surface area contributed by atoms with Gasteiger partial charge >= 0.3 is 200 Å². The topological polar surface area (TPSA) is 0 Å². The van der Waals surface area contributed by atoms with E-state index in [1.807, 2.05) is 0 Å². The predicted octanol–water partition coefficient (Wildman–Crippen LogP) is 6.50. The summed E-state index contributed by atoms with van der Waals surface area (Å²) in [7, 11) is 0. The summed E-state index contributed by atoms with van der Waals surface area (Å²) in [5.41, 5.74) is 8.80. The van der Waals surface area contributed by atoms with Gasteiger partial charge in [0.1, 0.15) is 0 Å². The van der Waals surface area contributed by atoms with Gasteiger partial charge in [0.25, 0.3) is 0 Å². The van der Waals surface area contributed by atoms with E-state index in [0.29, 0.717) is 17.8 Å². The predicted molar refractivity (Wildman–Crippen MR) is 140 cm³/mol. The summed E-state index contributed by atoms with van der Waals surface area (Å²) in [5.74, 6) is 1.66. The SMILES string of the molecule is Cc1ccc(C(C)C)c[c]1[Bi]([c]1cc(C(C)C)ccc1C)[c]1cc(C(C)C)ccc1C. The fraction of sp³-hybridized carbons (Fsp3) is 0.400. The molecule has 1 heteroatoms. The van der Waals surface area contributed by atoms with E-state index < -0.39 is 21.8 Å². The third-order valence-corrected chi connectivity index (χ3v) is 17.7. The van der Waals surface area contributed by atoms with E-state index in [1.165, 1.54) is 33.4 Å². The molecule has 3 rings (SSSR count). The number of rotatable bonds is 6. The molecule has 0 spiro atoms. The van der Waals surface area contributed by atoms with Gasteiger partial charge in [-0.1, -0.05) is 0 Å². The minimum atomic E-state index is -2.51. The molecule has 0 aliphatic rings. The van der Waals surface area contributed by atoms with E-state index in [9.17, 15) is 0 Å². The second-order valence-electron chi connectivity index (χ2n) is 9.94. The molecule has 0 radical (unpaired) electrons. The number of hydrogen-bond donors (Lipinski definition) is 0. The van der Waals surface area contributed by atoms with Crippen molar-refractivity contribution in [3.63, 3.8) is 0 Å². The molecule has 164 valence electrons. The van der Waals surface area contributed by atoms with Crippen LogP contribution in [0.1, 0.15) is 92.7 Å². The third kappa shape index (κ3) is 5.31. The van der Waals surface area contributed by atoms with Crippen molar-refractivity contribution in [2.24, 2.45) is 0 Å². The van der Waals surface area contributed by atoms with E-state index in [4.69, 9.17) is 0 Å². The fourth-order valence-electron chi connectivity index (χ4n) is 4.07. The molecule has 0 saturated heterocycles. The number of benzene rings is 3. The van der Waals surface area contributed by atoms with Gasteiger partial charge in [0.05, 0.1) is 0 Å². The van der Waals surface area contributed by atoms with Crippen LogP contribution in [0.4, 0.5) is 0 Å². The summed E-state index contributed by atoms with van der Waals surface area (Å²) in [4.78, 5) is 0. The molecule has 31 heavy (non-hydrogen) atoms. The second kappa shape index (κ2) is 10.00. The monoisotopic (exact) mass is 608 g/mol. The summed E-state index contributed by atoms with van der Waals surface area (Å²) in [6.07, 6.45) is 0. The molecule has 0 aliphatic heterocycles. The molecule has 0 atom stereocenters. The van der Waals surface area contributed by atoms with E-state index in [0.717, 1.165) is 0 Å². The van der Waals surface area contributed by atoms with Crippen molar-refractivity contribution in [1.29, 1.82) is 0 Å².